The number of nitrogens with zero attached hydrogens (tertiary/aromatic N) is 2. The van der Waals surface area contributed by atoms with Gasteiger partial charge in [0.05, 0.1) is 10.6 Å². The van der Waals surface area contributed by atoms with E-state index in [9.17, 15) is 4.79 Å². The van der Waals surface area contributed by atoms with E-state index in [4.69, 9.17) is 27.6 Å². The number of nitrogens with one attached hydrogen (secondary N) is 1. The average Bonchev–Trinajstić information content (AvgIpc) is 2.95. The van der Waals surface area contributed by atoms with Gasteiger partial charge in [0.1, 0.15) is 0 Å². The number of benzene rings is 2. The summed E-state index contributed by atoms with van der Waals surface area (Å²) in [7, 11) is 0. The molecule has 0 unspecified atom stereocenters. The molecule has 0 saturated heterocycles. The van der Waals surface area contributed by atoms with Crippen molar-refractivity contribution >= 4 is 35.1 Å². The van der Waals surface area contributed by atoms with E-state index in [-0.39, 0.29) is 16.6 Å². The van der Waals surface area contributed by atoms with Gasteiger partial charge in [0.2, 0.25) is 5.89 Å². The molecular weight excluding hydrogens is 337 g/mol. The maximum absolute atomic E-state index is 12.2. The quantitative estimate of drug-likeness (QED) is 0.751. The highest BCUT2D eigenvalue weighted by molar-refractivity contribution is 6.37. The molecule has 7 heteroatoms. The number of hydrogen-bond acceptors (Lipinski definition) is 4. The van der Waals surface area contributed by atoms with Gasteiger partial charge in [0.15, 0.2) is 0 Å². The normalized spacial score (nSPS) is 10.6. The lowest BCUT2D eigenvalue weighted by Crippen LogP contribution is -2.12. The Kier molecular flexibility index (Phi) is 4.32. The molecule has 0 radical (unpaired) electrons. The largest absolute Gasteiger partial charge is 0.403 e. The smallest absolute Gasteiger partial charge is 0.322 e. The number of hydrogen-bond donors (Lipinski definition) is 1. The number of anilines is 1. The van der Waals surface area contributed by atoms with Crippen LogP contribution in [-0.2, 0) is 0 Å². The Morgan fingerprint density at radius 3 is 2.70 bits per heavy atom. The molecule has 0 aliphatic carbocycles. The molecule has 0 fully saturated rings. The molecule has 1 heterocycles. The molecule has 2 aromatic carbocycles. The van der Waals surface area contributed by atoms with E-state index in [1.54, 1.807) is 6.07 Å². The molecule has 116 valence electrons. The van der Waals surface area contributed by atoms with Crippen LogP contribution in [-0.4, -0.2) is 16.1 Å². The summed E-state index contributed by atoms with van der Waals surface area (Å²) in [6, 6.07) is 12.2. The van der Waals surface area contributed by atoms with Crippen molar-refractivity contribution in [1.82, 2.24) is 10.2 Å². The van der Waals surface area contributed by atoms with E-state index in [0.717, 1.165) is 11.1 Å². The Labute approximate surface area is 142 Å². The van der Waals surface area contributed by atoms with Crippen molar-refractivity contribution in [3.05, 3.63) is 63.6 Å². The lowest BCUT2D eigenvalue weighted by atomic mass is 10.1. The minimum absolute atomic E-state index is 0.00229. The van der Waals surface area contributed by atoms with E-state index in [0.29, 0.717) is 10.9 Å². The molecule has 0 aliphatic rings. The van der Waals surface area contributed by atoms with Gasteiger partial charge in [0.25, 0.3) is 5.91 Å². The summed E-state index contributed by atoms with van der Waals surface area (Å²) >= 11 is 11.8. The summed E-state index contributed by atoms with van der Waals surface area (Å²) in [5.74, 6) is -0.127. The Morgan fingerprint density at radius 1 is 1.13 bits per heavy atom. The summed E-state index contributed by atoms with van der Waals surface area (Å²) in [5.41, 5.74) is 2.12. The molecule has 0 saturated carbocycles. The fraction of sp³-hybridized carbons (Fsp3) is 0.0625. The molecular formula is C16H11Cl2N3O2. The number of halogens is 2. The van der Waals surface area contributed by atoms with Crippen LogP contribution in [0.4, 0.5) is 6.01 Å². The van der Waals surface area contributed by atoms with Crippen LogP contribution in [0.15, 0.2) is 46.9 Å². The molecule has 3 aromatic rings. The van der Waals surface area contributed by atoms with Gasteiger partial charge in [-0.05, 0) is 37.3 Å². The first-order valence-corrected chi connectivity index (χ1v) is 7.45. The van der Waals surface area contributed by atoms with Crippen LogP contribution in [0.25, 0.3) is 11.5 Å². The minimum Gasteiger partial charge on any atom is -0.403 e. The third kappa shape index (κ3) is 3.52. The topological polar surface area (TPSA) is 68.0 Å². The Morgan fingerprint density at radius 2 is 1.96 bits per heavy atom. The highest BCUT2D eigenvalue weighted by Gasteiger charge is 2.15. The summed E-state index contributed by atoms with van der Waals surface area (Å²) in [6.07, 6.45) is 0. The maximum atomic E-state index is 12.2. The Hall–Kier alpha value is -2.37. The van der Waals surface area contributed by atoms with Gasteiger partial charge in [-0.25, -0.2) is 0 Å². The van der Waals surface area contributed by atoms with Crippen LogP contribution >= 0.6 is 23.2 Å². The number of aromatic nitrogens is 2. The zero-order valence-electron chi connectivity index (χ0n) is 12.0. The molecule has 5 nitrogen and oxygen atoms in total. The lowest BCUT2D eigenvalue weighted by Gasteiger charge is -2.03. The molecule has 1 N–H and O–H groups in total. The number of carbonyl (C=O) groups excluding carboxylic acids is 1. The fourth-order valence-corrected chi connectivity index (χ4v) is 2.50. The average molecular weight is 348 g/mol. The van der Waals surface area contributed by atoms with E-state index in [1.807, 2.05) is 31.2 Å². The molecule has 23 heavy (non-hydrogen) atoms. The number of carbonyl (C=O) groups is 1. The van der Waals surface area contributed by atoms with Crippen molar-refractivity contribution in [2.75, 3.05) is 5.32 Å². The van der Waals surface area contributed by atoms with Crippen LogP contribution in [0.5, 0.6) is 0 Å². The molecule has 0 bridgehead atoms. The van der Waals surface area contributed by atoms with E-state index >= 15 is 0 Å². The third-order valence-corrected chi connectivity index (χ3v) is 3.63. The van der Waals surface area contributed by atoms with E-state index in [1.165, 1.54) is 12.1 Å². The second kappa shape index (κ2) is 6.40. The SMILES string of the molecule is Cc1cccc(-c2nnc(NC(=O)c3ccc(Cl)cc3Cl)o2)c1. The first-order chi connectivity index (χ1) is 11.0. The van der Waals surface area contributed by atoms with Crippen LogP contribution in [0, 0.1) is 6.92 Å². The van der Waals surface area contributed by atoms with Gasteiger partial charge in [-0.1, -0.05) is 46.0 Å². The summed E-state index contributed by atoms with van der Waals surface area (Å²) in [4.78, 5) is 12.2. The van der Waals surface area contributed by atoms with Gasteiger partial charge in [-0.3, -0.25) is 10.1 Å². The highest BCUT2D eigenvalue weighted by atomic mass is 35.5. The van der Waals surface area contributed by atoms with Crippen LogP contribution in [0.2, 0.25) is 10.0 Å². The third-order valence-electron chi connectivity index (χ3n) is 3.09. The van der Waals surface area contributed by atoms with Crippen LogP contribution in [0.1, 0.15) is 15.9 Å². The first kappa shape index (κ1) is 15.5. The van der Waals surface area contributed by atoms with E-state index in [2.05, 4.69) is 15.5 Å². The van der Waals surface area contributed by atoms with Gasteiger partial charge < -0.3 is 4.42 Å². The van der Waals surface area contributed by atoms with Crippen LogP contribution in [0.3, 0.4) is 0 Å². The van der Waals surface area contributed by atoms with Gasteiger partial charge in [-0.15, -0.1) is 5.10 Å². The maximum Gasteiger partial charge on any atom is 0.322 e. The molecule has 1 aromatic heterocycles. The minimum atomic E-state index is -0.453. The molecule has 3 rings (SSSR count). The van der Waals surface area contributed by atoms with Crippen molar-refractivity contribution in [3.63, 3.8) is 0 Å². The van der Waals surface area contributed by atoms with Crippen LogP contribution < -0.4 is 5.32 Å². The summed E-state index contributed by atoms with van der Waals surface area (Å²) in [5, 5.41) is 11.0. The Balaban J connectivity index is 1.80. The first-order valence-electron chi connectivity index (χ1n) is 6.70. The second-order valence-corrected chi connectivity index (χ2v) is 5.70. The number of rotatable bonds is 3. The van der Waals surface area contributed by atoms with Gasteiger partial charge in [0, 0.05) is 10.6 Å². The molecule has 0 aliphatic heterocycles. The standard InChI is InChI=1S/C16H11Cl2N3O2/c1-9-3-2-4-10(7-9)15-20-21-16(23-15)19-14(22)12-6-5-11(17)8-13(12)18/h2-8H,1H3,(H,19,21,22). The Bertz CT molecular complexity index is 877. The summed E-state index contributed by atoms with van der Waals surface area (Å²) in [6.45, 7) is 1.96. The van der Waals surface area contributed by atoms with Gasteiger partial charge in [-0.2, -0.15) is 0 Å². The van der Waals surface area contributed by atoms with Gasteiger partial charge >= 0.3 is 6.01 Å². The molecule has 0 spiro atoms. The van der Waals surface area contributed by atoms with Crippen molar-refractivity contribution in [2.45, 2.75) is 6.92 Å². The highest BCUT2D eigenvalue weighted by Crippen LogP contribution is 2.23. The van der Waals surface area contributed by atoms with Crippen molar-refractivity contribution in [2.24, 2.45) is 0 Å². The second-order valence-electron chi connectivity index (χ2n) is 4.86. The lowest BCUT2D eigenvalue weighted by molar-refractivity contribution is 0.102. The molecule has 0 atom stereocenters. The molecule has 1 amide bonds. The van der Waals surface area contributed by atoms with Crippen molar-refractivity contribution < 1.29 is 9.21 Å². The van der Waals surface area contributed by atoms with E-state index < -0.39 is 5.91 Å². The predicted molar refractivity (Wildman–Crippen MR) is 88.9 cm³/mol. The van der Waals surface area contributed by atoms with Crippen molar-refractivity contribution in [1.29, 1.82) is 0 Å². The van der Waals surface area contributed by atoms with Crippen molar-refractivity contribution in [3.8, 4) is 11.5 Å². The number of amides is 1. The fourth-order valence-electron chi connectivity index (χ4n) is 2.01. The predicted octanol–water partition coefficient (Wildman–Crippen LogP) is 4.60. The zero-order chi connectivity index (χ0) is 16.4. The monoisotopic (exact) mass is 347 g/mol. The summed E-state index contributed by atoms with van der Waals surface area (Å²) < 4.78 is 5.46. The zero-order valence-corrected chi connectivity index (χ0v) is 13.5. The number of aryl methyl sites for hydroxylation is 1.